The van der Waals surface area contributed by atoms with Crippen molar-refractivity contribution in [3.05, 3.63) is 71.2 Å². The Labute approximate surface area is 182 Å². The molecule has 0 N–H and O–H groups in total. The highest BCUT2D eigenvalue weighted by Crippen LogP contribution is 2.26. The third kappa shape index (κ3) is 3.77. The molecule has 10 heteroatoms. The van der Waals surface area contributed by atoms with Crippen LogP contribution in [-0.4, -0.2) is 31.6 Å². The summed E-state index contributed by atoms with van der Waals surface area (Å²) in [6.07, 6.45) is 0. The van der Waals surface area contributed by atoms with Gasteiger partial charge in [0, 0.05) is 12.1 Å². The molecule has 0 radical (unpaired) electrons. The van der Waals surface area contributed by atoms with Gasteiger partial charge in [0.15, 0.2) is 11.8 Å². The minimum atomic E-state index is -0.547. The first-order valence-corrected chi connectivity index (χ1v) is 10.6. The zero-order valence-electron chi connectivity index (χ0n) is 16.8. The third-order valence-corrected chi connectivity index (χ3v) is 5.72. The number of hydrogen-bond acceptors (Lipinski definition) is 8. The lowest BCUT2D eigenvalue weighted by molar-refractivity contribution is -0.671. The van der Waals surface area contributed by atoms with E-state index >= 15 is 0 Å². The molecule has 0 saturated heterocycles. The van der Waals surface area contributed by atoms with Crippen molar-refractivity contribution in [1.82, 2.24) is 20.1 Å². The molecular formula is C21H18N6O3S. The van der Waals surface area contributed by atoms with E-state index in [4.69, 9.17) is 9.26 Å². The van der Waals surface area contributed by atoms with Crippen molar-refractivity contribution >= 4 is 17.5 Å². The summed E-state index contributed by atoms with van der Waals surface area (Å²) in [6, 6.07) is 15.4. The van der Waals surface area contributed by atoms with Crippen LogP contribution in [0.15, 0.2) is 63.3 Å². The van der Waals surface area contributed by atoms with Crippen LogP contribution in [0.1, 0.15) is 22.6 Å². The lowest BCUT2D eigenvalue weighted by Crippen LogP contribution is -2.40. The predicted octanol–water partition coefficient (Wildman–Crippen LogP) is 2.17. The molecule has 31 heavy (non-hydrogen) atoms. The zero-order chi connectivity index (χ0) is 21.4. The van der Waals surface area contributed by atoms with Crippen molar-refractivity contribution < 1.29 is 19.0 Å². The number of aryl methyl sites for hydroxylation is 2. The van der Waals surface area contributed by atoms with Crippen LogP contribution in [0.3, 0.4) is 0 Å². The first-order valence-electron chi connectivity index (χ1n) is 9.59. The van der Waals surface area contributed by atoms with Crippen LogP contribution < -0.4 is 14.5 Å². The highest BCUT2D eigenvalue weighted by Gasteiger charge is 2.30. The molecule has 5 rings (SSSR count). The molecule has 0 fully saturated rings. The summed E-state index contributed by atoms with van der Waals surface area (Å²) in [5, 5.41) is 30.0. The Balaban J connectivity index is 1.46. The molecule has 2 aromatic carbocycles. The number of rotatable bonds is 5. The molecule has 0 bridgehead atoms. The highest BCUT2D eigenvalue weighted by atomic mass is 32.2. The Bertz CT molecular complexity index is 1260. The van der Waals surface area contributed by atoms with Crippen molar-refractivity contribution in [3.63, 3.8) is 0 Å². The number of fused-ring (bicyclic) bond motifs is 1. The van der Waals surface area contributed by atoms with Crippen LogP contribution in [0.5, 0.6) is 11.7 Å². The average molecular weight is 434 g/mol. The summed E-state index contributed by atoms with van der Waals surface area (Å²) in [5.74, 6) is 1.16. The van der Waals surface area contributed by atoms with E-state index in [9.17, 15) is 5.11 Å². The number of thioether (sulfide) groups is 1. The Morgan fingerprint density at radius 2 is 1.77 bits per heavy atom. The minimum absolute atomic E-state index is 0.194. The fourth-order valence-corrected chi connectivity index (χ4v) is 3.93. The van der Waals surface area contributed by atoms with E-state index in [1.165, 1.54) is 16.4 Å². The maximum atomic E-state index is 12.4. The monoisotopic (exact) mass is 434 g/mol. The second-order valence-corrected chi connectivity index (χ2v) is 8.05. The SMILES string of the molecule is Cc1ccc(OCc2nnc3n2N=C(c2c([O-])on[n+]2-c2ccc(C)cc2)CS3)cc1. The first-order chi connectivity index (χ1) is 15.1. The number of hydrogen-bond donors (Lipinski definition) is 0. The molecule has 4 aromatic rings. The lowest BCUT2D eigenvalue weighted by Gasteiger charge is -2.12. The number of nitrogens with zero attached hydrogens (tertiary/aromatic N) is 6. The van der Waals surface area contributed by atoms with Crippen molar-refractivity contribution in [3.8, 4) is 17.4 Å². The topological polar surface area (TPSA) is 105 Å². The molecule has 9 nitrogen and oxygen atoms in total. The molecule has 0 amide bonds. The summed E-state index contributed by atoms with van der Waals surface area (Å²) >= 11 is 1.44. The molecule has 0 saturated carbocycles. The summed E-state index contributed by atoms with van der Waals surface area (Å²) in [4.78, 5) is 0. The average Bonchev–Trinajstić information content (AvgIpc) is 3.37. The molecule has 0 spiro atoms. The maximum absolute atomic E-state index is 12.4. The lowest BCUT2D eigenvalue weighted by atomic mass is 10.2. The van der Waals surface area contributed by atoms with Gasteiger partial charge in [0.25, 0.3) is 5.69 Å². The first kappa shape index (κ1) is 19.3. The Kier molecular flexibility index (Phi) is 4.91. The normalized spacial score (nSPS) is 13.0. The summed E-state index contributed by atoms with van der Waals surface area (Å²) < 4.78 is 13.8. The molecule has 3 heterocycles. The van der Waals surface area contributed by atoms with Crippen LogP contribution in [0, 0.1) is 13.8 Å². The minimum Gasteiger partial charge on any atom is -0.539 e. The van der Waals surface area contributed by atoms with E-state index in [1.54, 1.807) is 4.68 Å². The van der Waals surface area contributed by atoms with Gasteiger partial charge in [-0.25, -0.2) is 0 Å². The zero-order valence-corrected chi connectivity index (χ0v) is 17.7. The molecule has 0 aliphatic carbocycles. The van der Waals surface area contributed by atoms with Gasteiger partial charge < -0.3 is 14.4 Å². The van der Waals surface area contributed by atoms with Crippen LogP contribution in [0.4, 0.5) is 0 Å². The third-order valence-electron chi connectivity index (χ3n) is 4.79. The standard InChI is InChI=1S/C21H18N6O3S/c1-13-3-7-15(8-4-13)26-19(20(28)30-25-26)17-12-31-21-23-22-18(27(21)24-17)11-29-16-9-5-14(2)6-10-16/h3-10H,11-12H2,1-2H3. The van der Waals surface area contributed by atoms with Gasteiger partial charge in [-0.2, -0.15) is 9.78 Å². The smallest absolute Gasteiger partial charge is 0.287 e. The van der Waals surface area contributed by atoms with Gasteiger partial charge in [-0.05, 0) is 30.7 Å². The van der Waals surface area contributed by atoms with Gasteiger partial charge in [-0.1, -0.05) is 47.2 Å². The second kappa shape index (κ2) is 7.88. The fourth-order valence-electron chi connectivity index (χ4n) is 3.11. The van der Waals surface area contributed by atoms with Gasteiger partial charge >= 0.3 is 0 Å². The largest absolute Gasteiger partial charge is 0.539 e. The fraction of sp³-hybridized carbons (Fsp3) is 0.190. The van der Waals surface area contributed by atoms with E-state index in [-0.39, 0.29) is 12.3 Å². The van der Waals surface area contributed by atoms with E-state index in [2.05, 4.69) is 20.6 Å². The van der Waals surface area contributed by atoms with Crippen LogP contribution >= 0.6 is 11.8 Å². The van der Waals surface area contributed by atoms with Crippen LogP contribution in [-0.2, 0) is 6.61 Å². The summed E-state index contributed by atoms with van der Waals surface area (Å²) in [6.45, 7) is 4.20. The molecule has 2 aromatic heterocycles. The Hall–Kier alpha value is -3.66. The molecular weight excluding hydrogens is 416 g/mol. The van der Waals surface area contributed by atoms with Crippen molar-refractivity contribution in [2.75, 3.05) is 5.75 Å². The molecule has 1 aliphatic rings. The van der Waals surface area contributed by atoms with Crippen molar-refractivity contribution in [2.24, 2.45) is 5.10 Å². The van der Waals surface area contributed by atoms with Gasteiger partial charge in [0.1, 0.15) is 18.1 Å². The molecule has 1 aliphatic heterocycles. The number of ether oxygens (including phenoxy) is 1. The second-order valence-electron chi connectivity index (χ2n) is 7.10. The van der Waals surface area contributed by atoms with E-state index in [1.807, 2.05) is 62.4 Å². The molecule has 0 unspecified atom stereocenters. The maximum Gasteiger partial charge on any atom is 0.287 e. The predicted molar refractivity (Wildman–Crippen MR) is 110 cm³/mol. The van der Waals surface area contributed by atoms with Crippen LogP contribution in [0.2, 0.25) is 0 Å². The highest BCUT2D eigenvalue weighted by molar-refractivity contribution is 7.99. The molecule has 0 atom stereocenters. The number of benzene rings is 2. The van der Waals surface area contributed by atoms with Crippen molar-refractivity contribution in [2.45, 2.75) is 25.6 Å². The Morgan fingerprint density at radius 1 is 1.06 bits per heavy atom. The van der Waals surface area contributed by atoms with Gasteiger partial charge in [0.05, 0.1) is 11.0 Å². The molecule has 156 valence electrons. The van der Waals surface area contributed by atoms with E-state index in [0.717, 1.165) is 22.6 Å². The van der Waals surface area contributed by atoms with E-state index < -0.39 is 5.95 Å². The Morgan fingerprint density at radius 3 is 2.52 bits per heavy atom. The summed E-state index contributed by atoms with van der Waals surface area (Å²) in [5.41, 5.74) is 3.79. The number of aromatic nitrogens is 5. The van der Waals surface area contributed by atoms with Gasteiger partial charge in [0.2, 0.25) is 10.8 Å². The quantitative estimate of drug-likeness (QED) is 0.443. The van der Waals surface area contributed by atoms with Crippen LogP contribution in [0.25, 0.3) is 5.69 Å². The summed E-state index contributed by atoms with van der Waals surface area (Å²) in [7, 11) is 0. The van der Waals surface area contributed by atoms with Crippen molar-refractivity contribution in [1.29, 1.82) is 0 Å². The van der Waals surface area contributed by atoms with Gasteiger partial charge in [-0.15, -0.1) is 10.2 Å². The van der Waals surface area contributed by atoms with Gasteiger partial charge in [-0.3, -0.25) is 0 Å². The van der Waals surface area contributed by atoms with E-state index in [0.29, 0.717) is 22.4 Å².